The van der Waals surface area contributed by atoms with E-state index in [2.05, 4.69) is 23.8 Å². The Morgan fingerprint density at radius 3 is 2.42 bits per heavy atom. The van der Waals surface area contributed by atoms with Gasteiger partial charge in [-0.2, -0.15) is 0 Å². The highest BCUT2D eigenvalue weighted by molar-refractivity contribution is 5.95. The maximum atomic E-state index is 12.9. The average molecular weight is 365 g/mol. The zero-order valence-corrected chi connectivity index (χ0v) is 15.1. The van der Waals surface area contributed by atoms with Crippen molar-refractivity contribution in [3.8, 4) is 0 Å². The summed E-state index contributed by atoms with van der Waals surface area (Å²) < 4.78 is 0. The molecule has 1 aliphatic carbocycles. The largest absolute Gasteiger partial charge is 0.391 e. The number of nitrogens with one attached hydrogen (secondary N) is 2. The van der Waals surface area contributed by atoms with Crippen LogP contribution in [0.25, 0.3) is 0 Å². The van der Waals surface area contributed by atoms with E-state index in [1.54, 1.807) is 6.08 Å². The lowest BCUT2D eigenvalue weighted by molar-refractivity contribution is -0.146. The molecule has 1 aliphatic heterocycles. The molecule has 1 saturated heterocycles. The summed E-state index contributed by atoms with van der Waals surface area (Å²) in [6, 6.07) is -2.12. The fourth-order valence-electron chi connectivity index (χ4n) is 3.13. The zero-order valence-electron chi connectivity index (χ0n) is 15.1. The normalized spacial score (nSPS) is 28.8. The van der Waals surface area contributed by atoms with Crippen molar-refractivity contribution in [1.29, 1.82) is 0 Å². The van der Waals surface area contributed by atoms with Gasteiger partial charge in [-0.3, -0.25) is 14.4 Å². The van der Waals surface area contributed by atoms with Gasteiger partial charge in [0.2, 0.25) is 17.7 Å². The third-order valence-corrected chi connectivity index (χ3v) is 4.76. The Labute approximate surface area is 152 Å². The third kappa shape index (κ3) is 4.50. The first-order valence-electron chi connectivity index (χ1n) is 8.65. The molecule has 0 aromatic carbocycles. The lowest BCUT2D eigenvalue weighted by Crippen LogP contribution is -2.60. The molecule has 144 valence electrons. The van der Waals surface area contributed by atoms with Gasteiger partial charge in [-0.15, -0.1) is 6.58 Å². The summed E-state index contributed by atoms with van der Waals surface area (Å²) in [5.41, 5.74) is -1.56. The number of hydrogen-bond acceptors (Lipinski definition) is 5. The van der Waals surface area contributed by atoms with Crippen LogP contribution in [0, 0.1) is 5.92 Å². The van der Waals surface area contributed by atoms with Gasteiger partial charge in [-0.1, -0.05) is 12.7 Å². The third-order valence-electron chi connectivity index (χ3n) is 4.76. The molecule has 3 amide bonds. The van der Waals surface area contributed by atoms with Crippen LogP contribution in [0.2, 0.25) is 0 Å². The lowest BCUT2D eigenvalue weighted by atomic mass is 9.97. The molecule has 5 atom stereocenters. The van der Waals surface area contributed by atoms with E-state index in [1.807, 2.05) is 0 Å². The Kier molecular flexibility index (Phi) is 5.87. The Morgan fingerprint density at radius 1 is 1.27 bits per heavy atom. The first-order valence-corrected chi connectivity index (χ1v) is 8.65. The van der Waals surface area contributed by atoms with E-state index in [9.17, 15) is 24.6 Å². The lowest BCUT2D eigenvalue weighted by Gasteiger charge is -2.34. The summed E-state index contributed by atoms with van der Waals surface area (Å²) in [7, 11) is 0. The Bertz CT molecular complexity index is 612. The van der Waals surface area contributed by atoms with Crippen LogP contribution in [0.3, 0.4) is 0 Å². The van der Waals surface area contributed by atoms with Crippen LogP contribution in [0.1, 0.15) is 26.7 Å². The minimum absolute atomic E-state index is 0.000225. The summed E-state index contributed by atoms with van der Waals surface area (Å²) in [5.74, 6) is -1.36. The van der Waals surface area contributed by atoms with E-state index in [4.69, 9.17) is 0 Å². The number of nitrogens with zero attached hydrogens (tertiary/aromatic N) is 1. The molecule has 8 nitrogen and oxygen atoms in total. The number of aliphatic hydroxyl groups is 2. The second-order valence-corrected chi connectivity index (χ2v) is 7.45. The van der Waals surface area contributed by atoms with E-state index >= 15 is 0 Å². The minimum Gasteiger partial charge on any atom is -0.391 e. The van der Waals surface area contributed by atoms with Crippen LogP contribution in [0.15, 0.2) is 25.3 Å². The standard InChI is InChI=1S/C18H27N3O5/c1-5-10-7-12(10)19-16(24)13-8-11(22)9-21(13)17(25)15(18(3,4)26)20-14(23)6-2/h5-6,10-13,15,22,26H,1-2,7-9H2,3-4H3,(H,19,24)(H,20,23). The van der Waals surface area contributed by atoms with Gasteiger partial charge >= 0.3 is 0 Å². The molecule has 26 heavy (non-hydrogen) atoms. The number of hydrogen-bond donors (Lipinski definition) is 4. The van der Waals surface area contributed by atoms with Gasteiger partial charge in [-0.05, 0) is 32.3 Å². The number of carbonyl (C=O) groups excluding carboxylic acids is 3. The average Bonchev–Trinajstić information content (AvgIpc) is 3.19. The molecular formula is C18H27N3O5. The fraction of sp³-hybridized carbons (Fsp3) is 0.611. The van der Waals surface area contributed by atoms with E-state index in [0.29, 0.717) is 0 Å². The molecule has 5 unspecified atom stereocenters. The summed E-state index contributed by atoms with van der Waals surface area (Å²) in [4.78, 5) is 38.3. The Hall–Kier alpha value is -2.19. The number of likely N-dealkylation sites (tertiary alicyclic amines) is 1. The van der Waals surface area contributed by atoms with Crippen molar-refractivity contribution in [3.63, 3.8) is 0 Å². The smallest absolute Gasteiger partial charge is 0.248 e. The van der Waals surface area contributed by atoms with Gasteiger partial charge in [0, 0.05) is 19.0 Å². The first kappa shape index (κ1) is 20.1. The number of amides is 3. The molecule has 0 bridgehead atoms. The van der Waals surface area contributed by atoms with E-state index in [0.717, 1.165) is 12.5 Å². The molecular weight excluding hydrogens is 338 g/mol. The number of carbonyl (C=O) groups is 3. The van der Waals surface area contributed by atoms with Gasteiger partial charge in [0.15, 0.2) is 0 Å². The van der Waals surface area contributed by atoms with Gasteiger partial charge in [0.25, 0.3) is 0 Å². The first-order chi connectivity index (χ1) is 12.1. The van der Waals surface area contributed by atoms with Gasteiger partial charge in [0.1, 0.15) is 12.1 Å². The fourth-order valence-corrected chi connectivity index (χ4v) is 3.13. The molecule has 0 radical (unpaired) electrons. The number of rotatable bonds is 7. The van der Waals surface area contributed by atoms with Gasteiger partial charge in [-0.25, -0.2) is 0 Å². The quantitative estimate of drug-likeness (QED) is 0.344. The molecule has 4 N–H and O–H groups in total. The highest BCUT2D eigenvalue weighted by Crippen LogP contribution is 2.32. The van der Waals surface area contributed by atoms with E-state index < -0.39 is 35.6 Å². The Morgan fingerprint density at radius 2 is 1.92 bits per heavy atom. The summed E-state index contributed by atoms with van der Waals surface area (Å²) in [5, 5.41) is 25.5. The predicted octanol–water partition coefficient (Wildman–Crippen LogP) is -0.919. The van der Waals surface area contributed by atoms with Crippen molar-refractivity contribution in [2.24, 2.45) is 5.92 Å². The maximum absolute atomic E-state index is 12.9. The molecule has 0 aromatic rings. The molecule has 1 heterocycles. The maximum Gasteiger partial charge on any atom is 0.248 e. The predicted molar refractivity (Wildman–Crippen MR) is 94.8 cm³/mol. The molecule has 8 heteroatoms. The number of β-amino-alcohol motifs (C(OH)–C–C–N with tert-alkyl or cyclic N) is 1. The molecule has 2 fully saturated rings. The van der Waals surface area contributed by atoms with Crippen LogP contribution in [-0.2, 0) is 14.4 Å². The van der Waals surface area contributed by atoms with Crippen LogP contribution in [0.5, 0.6) is 0 Å². The van der Waals surface area contributed by atoms with E-state index in [-0.39, 0.29) is 30.8 Å². The molecule has 0 spiro atoms. The monoisotopic (exact) mass is 365 g/mol. The van der Waals surface area contributed by atoms with Gasteiger partial charge in [0.05, 0.1) is 11.7 Å². The van der Waals surface area contributed by atoms with Crippen molar-refractivity contribution in [1.82, 2.24) is 15.5 Å². The topological polar surface area (TPSA) is 119 Å². The second-order valence-electron chi connectivity index (χ2n) is 7.45. The van der Waals surface area contributed by atoms with Crippen LogP contribution in [-0.4, -0.2) is 69.2 Å². The highest BCUT2D eigenvalue weighted by Gasteiger charge is 2.46. The number of aliphatic hydroxyl groups excluding tert-OH is 1. The minimum atomic E-state index is -1.56. The highest BCUT2D eigenvalue weighted by atomic mass is 16.3. The van der Waals surface area contributed by atoms with Crippen molar-refractivity contribution >= 4 is 17.7 Å². The van der Waals surface area contributed by atoms with Crippen LogP contribution >= 0.6 is 0 Å². The van der Waals surface area contributed by atoms with Gasteiger partial charge < -0.3 is 25.7 Å². The zero-order chi connectivity index (χ0) is 19.6. The molecule has 2 rings (SSSR count). The van der Waals surface area contributed by atoms with Crippen molar-refractivity contribution in [3.05, 3.63) is 25.3 Å². The van der Waals surface area contributed by atoms with Crippen LogP contribution < -0.4 is 10.6 Å². The molecule has 0 aromatic heterocycles. The summed E-state index contributed by atoms with van der Waals surface area (Å²) in [6.45, 7) is 9.76. The summed E-state index contributed by atoms with van der Waals surface area (Å²) in [6.07, 6.45) is 2.84. The SMILES string of the molecule is C=CC(=O)NC(C(=O)N1CC(O)CC1C(=O)NC1CC1C=C)C(C)(C)O. The summed E-state index contributed by atoms with van der Waals surface area (Å²) >= 11 is 0. The van der Waals surface area contributed by atoms with E-state index in [1.165, 1.54) is 18.7 Å². The van der Waals surface area contributed by atoms with Crippen molar-refractivity contribution < 1.29 is 24.6 Å². The van der Waals surface area contributed by atoms with Crippen molar-refractivity contribution in [2.45, 2.75) is 56.5 Å². The Balaban J connectivity index is 2.14. The molecule has 1 saturated carbocycles. The second kappa shape index (κ2) is 7.59. The van der Waals surface area contributed by atoms with Crippen molar-refractivity contribution in [2.75, 3.05) is 6.54 Å². The van der Waals surface area contributed by atoms with Crippen LogP contribution in [0.4, 0.5) is 0 Å². The molecule has 2 aliphatic rings.